The Balaban J connectivity index is 1.53. The van der Waals surface area contributed by atoms with Crippen LogP contribution in [0.2, 0.25) is 0 Å². The summed E-state index contributed by atoms with van der Waals surface area (Å²) in [5.41, 5.74) is 2.27. The minimum Gasteiger partial charge on any atom is -0.456 e. The topological polar surface area (TPSA) is 112 Å². The molecule has 170 valence electrons. The lowest BCUT2D eigenvalue weighted by molar-refractivity contribution is -0.207. The number of nitrogens with zero attached hydrogens (tertiary/aromatic N) is 1. The molecule has 0 amide bonds. The van der Waals surface area contributed by atoms with Crippen molar-refractivity contribution in [2.75, 3.05) is 6.61 Å². The number of benzene rings is 2. The maximum Gasteiger partial charge on any atom is 0.330 e. The van der Waals surface area contributed by atoms with Gasteiger partial charge in [-0.15, -0.1) is 0 Å². The van der Waals surface area contributed by atoms with Crippen molar-refractivity contribution in [2.45, 2.75) is 44.2 Å². The van der Waals surface area contributed by atoms with Gasteiger partial charge in [-0.3, -0.25) is 14.3 Å². The van der Waals surface area contributed by atoms with Crippen LogP contribution in [0.1, 0.15) is 28.5 Å². The van der Waals surface area contributed by atoms with Crippen LogP contribution in [0.25, 0.3) is 0 Å². The third-order valence-electron chi connectivity index (χ3n) is 6.39. The number of H-pyrrole nitrogens is 1. The molecule has 0 bridgehead atoms. The lowest BCUT2D eigenvalue weighted by Gasteiger charge is -2.37. The molecule has 2 saturated heterocycles. The van der Waals surface area contributed by atoms with E-state index in [4.69, 9.17) is 18.9 Å². The van der Waals surface area contributed by atoms with E-state index >= 15 is 0 Å². The van der Waals surface area contributed by atoms with E-state index in [1.807, 2.05) is 50.2 Å². The summed E-state index contributed by atoms with van der Waals surface area (Å²) < 4.78 is 26.7. The van der Waals surface area contributed by atoms with Gasteiger partial charge in [0.25, 0.3) is 5.56 Å². The average Bonchev–Trinajstić information content (AvgIpc) is 3.32. The molecular formula is C24H22N2O7. The van der Waals surface area contributed by atoms with E-state index in [2.05, 4.69) is 4.98 Å². The Morgan fingerprint density at radius 2 is 1.61 bits per heavy atom. The molecule has 2 N–H and O–H groups in total. The van der Waals surface area contributed by atoms with E-state index in [1.54, 1.807) is 0 Å². The second-order valence-electron chi connectivity index (χ2n) is 8.65. The molecule has 2 aromatic carbocycles. The lowest BCUT2D eigenvalue weighted by Crippen LogP contribution is -2.39. The minimum absolute atomic E-state index is 0.326. The van der Waals surface area contributed by atoms with Crippen molar-refractivity contribution in [2.24, 2.45) is 0 Å². The first-order chi connectivity index (χ1) is 15.9. The average molecular weight is 450 g/mol. The van der Waals surface area contributed by atoms with E-state index in [1.165, 1.54) is 16.8 Å². The largest absolute Gasteiger partial charge is 0.456 e. The van der Waals surface area contributed by atoms with Crippen molar-refractivity contribution < 1.29 is 24.1 Å². The smallest absolute Gasteiger partial charge is 0.330 e. The van der Waals surface area contributed by atoms with Crippen molar-refractivity contribution in [3.8, 4) is 11.5 Å². The van der Waals surface area contributed by atoms with Gasteiger partial charge in [0.15, 0.2) is 6.23 Å². The summed E-state index contributed by atoms with van der Waals surface area (Å²) in [5, 5.41) is 10.0. The number of ether oxygens (including phenoxy) is 4. The normalized spacial score (nSPS) is 26.5. The van der Waals surface area contributed by atoms with E-state index < -0.39 is 41.6 Å². The van der Waals surface area contributed by atoms with Crippen molar-refractivity contribution in [1.82, 2.24) is 9.55 Å². The van der Waals surface area contributed by atoms with Gasteiger partial charge in [0.2, 0.25) is 5.79 Å². The molecule has 0 unspecified atom stereocenters. The monoisotopic (exact) mass is 450 g/mol. The quantitative estimate of drug-likeness (QED) is 0.613. The maximum atomic E-state index is 12.5. The van der Waals surface area contributed by atoms with Gasteiger partial charge < -0.3 is 24.1 Å². The second kappa shape index (κ2) is 7.13. The third-order valence-corrected chi connectivity index (χ3v) is 6.39. The van der Waals surface area contributed by atoms with Crippen LogP contribution in [0.3, 0.4) is 0 Å². The van der Waals surface area contributed by atoms with Gasteiger partial charge in [-0.25, -0.2) is 4.79 Å². The van der Waals surface area contributed by atoms with Crippen LogP contribution in [-0.2, 0) is 20.0 Å². The zero-order valence-corrected chi connectivity index (χ0v) is 18.0. The number of aliphatic hydroxyl groups is 1. The molecule has 1 spiro atoms. The molecule has 3 aromatic rings. The van der Waals surface area contributed by atoms with Crippen molar-refractivity contribution in [3.63, 3.8) is 0 Å². The van der Waals surface area contributed by atoms with Gasteiger partial charge in [0.05, 0.1) is 17.7 Å². The Kier molecular flexibility index (Phi) is 4.40. The molecule has 3 aliphatic heterocycles. The Bertz CT molecular complexity index is 1330. The van der Waals surface area contributed by atoms with Gasteiger partial charge in [-0.2, -0.15) is 0 Å². The van der Waals surface area contributed by atoms with Gasteiger partial charge >= 0.3 is 5.69 Å². The summed E-state index contributed by atoms with van der Waals surface area (Å²) in [6.07, 6.45) is -1.68. The van der Waals surface area contributed by atoms with Crippen LogP contribution in [0.15, 0.2) is 58.3 Å². The predicted octanol–water partition coefficient (Wildman–Crippen LogP) is 1.83. The van der Waals surface area contributed by atoms with E-state index in [0.717, 1.165) is 11.1 Å². The number of aromatic amines is 1. The fourth-order valence-corrected chi connectivity index (χ4v) is 4.88. The molecular weight excluding hydrogens is 428 g/mol. The van der Waals surface area contributed by atoms with E-state index in [-0.39, 0.29) is 6.61 Å². The standard InChI is InChI=1S/C24H22N2O7/c1-12-3-5-16-14(9-12)24(15-10-13(2)4-6-17(15)30-16)32-20-18(11-27)31-22(21(20)33-24)26-8-7-19(28)25-23(26)29/h3-10,18,20-22,27H,11H2,1-2H3,(H,25,28,29)/t18-,20-,21-,22-/m1/s1. The predicted molar refractivity (Wildman–Crippen MR) is 115 cm³/mol. The highest BCUT2D eigenvalue weighted by atomic mass is 16.8. The number of fused-ring (bicyclic) bond motifs is 5. The summed E-state index contributed by atoms with van der Waals surface area (Å²) in [6.45, 7) is 3.61. The summed E-state index contributed by atoms with van der Waals surface area (Å²) >= 11 is 0. The summed E-state index contributed by atoms with van der Waals surface area (Å²) in [7, 11) is 0. The summed E-state index contributed by atoms with van der Waals surface area (Å²) in [5.74, 6) is -0.0929. The highest BCUT2D eigenvalue weighted by molar-refractivity contribution is 5.56. The Hall–Kier alpha value is -3.24. The maximum absolute atomic E-state index is 12.5. The Morgan fingerprint density at radius 3 is 2.21 bits per heavy atom. The number of rotatable bonds is 2. The molecule has 4 atom stereocenters. The first-order valence-corrected chi connectivity index (χ1v) is 10.7. The van der Waals surface area contributed by atoms with Crippen LogP contribution in [0.5, 0.6) is 11.5 Å². The third kappa shape index (κ3) is 2.94. The molecule has 2 fully saturated rings. The molecule has 33 heavy (non-hydrogen) atoms. The highest BCUT2D eigenvalue weighted by Gasteiger charge is 2.62. The minimum atomic E-state index is -1.31. The second-order valence-corrected chi connectivity index (χ2v) is 8.65. The summed E-state index contributed by atoms with van der Waals surface area (Å²) in [6, 6.07) is 12.8. The van der Waals surface area contributed by atoms with Gasteiger partial charge in [0, 0.05) is 12.3 Å². The molecule has 0 aliphatic carbocycles. The van der Waals surface area contributed by atoms with Crippen molar-refractivity contribution >= 4 is 0 Å². The van der Waals surface area contributed by atoms with Crippen LogP contribution in [0.4, 0.5) is 0 Å². The number of aliphatic hydroxyl groups excluding tert-OH is 1. The van der Waals surface area contributed by atoms with Crippen LogP contribution in [-0.4, -0.2) is 39.6 Å². The first kappa shape index (κ1) is 20.4. The van der Waals surface area contributed by atoms with Crippen molar-refractivity contribution in [3.05, 3.63) is 91.8 Å². The Labute approximate surface area is 188 Å². The van der Waals surface area contributed by atoms with E-state index in [0.29, 0.717) is 22.6 Å². The number of aryl methyl sites for hydroxylation is 2. The number of aromatic nitrogens is 2. The molecule has 4 heterocycles. The SMILES string of the molecule is Cc1ccc2c(c1)C1(O[C@@H]3[C@H](O1)[C@@H](CO)O[C@H]3n1ccc(=O)[nH]c1=O)c1cc(C)ccc1O2. The molecule has 0 radical (unpaired) electrons. The molecule has 3 aliphatic rings. The fourth-order valence-electron chi connectivity index (χ4n) is 4.88. The van der Waals surface area contributed by atoms with Gasteiger partial charge in [-0.05, 0) is 38.1 Å². The van der Waals surface area contributed by atoms with E-state index in [9.17, 15) is 14.7 Å². The first-order valence-electron chi connectivity index (χ1n) is 10.7. The number of hydrogen-bond donors (Lipinski definition) is 2. The van der Waals surface area contributed by atoms with Crippen LogP contribution in [0, 0.1) is 13.8 Å². The molecule has 9 nitrogen and oxygen atoms in total. The van der Waals surface area contributed by atoms with Crippen LogP contribution >= 0.6 is 0 Å². The fraction of sp³-hybridized carbons (Fsp3) is 0.333. The zero-order valence-electron chi connectivity index (χ0n) is 18.0. The molecule has 6 rings (SSSR count). The lowest BCUT2D eigenvalue weighted by atomic mass is 9.91. The zero-order chi connectivity index (χ0) is 22.9. The van der Waals surface area contributed by atoms with Crippen molar-refractivity contribution in [1.29, 1.82) is 0 Å². The highest BCUT2D eigenvalue weighted by Crippen LogP contribution is 2.57. The number of nitrogens with one attached hydrogen (secondary N) is 1. The van der Waals surface area contributed by atoms with Gasteiger partial charge in [0.1, 0.15) is 29.8 Å². The summed E-state index contributed by atoms with van der Waals surface area (Å²) in [4.78, 5) is 26.3. The molecule has 1 aromatic heterocycles. The Morgan fingerprint density at radius 1 is 0.970 bits per heavy atom. The van der Waals surface area contributed by atoms with Gasteiger partial charge in [-0.1, -0.05) is 23.3 Å². The number of hydrogen-bond acceptors (Lipinski definition) is 7. The molecule has 9 heteroatoms. The molecule has 0 saturated carbocycles. The van der Waals surface area contributed by atoms with Crippen LogP contribution < -0.4 is 16.0 Å².